The molecule has 1 N–H and O–H groups in total. The zero-order valence-electron chi connectivity index (χ0n) is 8.61. The highest BCUT2D eigenvalue weighted by Crippen LogP contribution is 2.32. The minimum atomic E-state index is -0.955. The number of hydrogen-bond donors (Lipinski definition) is 1. The lowest BCUT2D eigenvalue weighted by Gasteiger charge is -2.03. The molecule has 17 heavy (non-hydrogen) atoms. The molecule has 2 aromatic carbocycles. The number of thiophene rings is 1. The van der Waals surface area contributed by atoms with Crippen molar-refractivity contribution in [3.05, 3.63) is 47.1 Å². The number of carbonyl (C=O) groups is 1. The summed E-state index contributed by atoms with van der Waals surface area (Å²) in [6, 6.07) is 7.81. The fourth-order valence-corrected chi connectivity index (χ4v) is 2.92. The van der Waals surface area contributed by atoms with Gasteiger partial charge in [0, 0.05) is 10.1 Å². The zero-order chi connectivity index (χ0) is 12.0. The monoisotopic (exact) mass is 246 g/mol. The van der Waals surface area contributed by atoms with Gasteiger partial charge in [-0.3, -0.25) is 0 Å². The third kappa shape index (κ3) is 1.49. The first kappa shape index (κ1) is 10.2. The molecule has 3 aromatic rings. The molecule has 1 heterocycles. The fourth-order valence-electron chi connectivity index (χ4n) is 2.00. The normalized spacial score (nSPS) is 11.1. The van der Waals surface area contributed by atoms with E-state index in [2.05, 4.69) is 0 Å². The maximum atomic E-state index is 13.2. The Kier molecular flexibility index (Phi) is 2.12. The molecule has 0 aliphatic heterocycles. The molecule has 0 amide bonds. The molecule has 2 nitrogen and oxygen atoms in total. The van der Waals surface area contributed by atoms with E-state index in [1.54, 1.807) is 12.1 Å². The van der Waals surface area contributed by atoms with Crippen LogP contribution in [0.5, 0.6) is 0 Å². The molecule has 0 radical (unpaired) electrons. The number of hydrogen-bond acceptors (Lipinski definition) is 2. The van der Waals surface area contributed by atoms with Crippen molar-refractivity contribution in [1.29, 1.82) is 0 Å². The molecule has 0 aliphatic carbocycles. The number of benzene rings is 2. The van der Waals surface area contributed by atoms with E-state index >= 15 is 0 Å². The molecular formula is C13H7FO2S. The quantitative estimate of drug-likeness (QED) is 0.707. The van der Waals surface area contributed by atoms with E-state index in [1.807, 2.05) is 11.4 Å². The van der Waals surface area contributed by atoms with Gasteiger partial charge in [0.2, 0.25) is 0 Å². The first-order valence-corrected chi connectivity index (χ1v) is 5.87. The van der Waals surface area contributed by atoms with Gasteiger partial charge in [-0.15, -0.1) is 11.3 Å². The van der Waals surface area contributed by atoms with Crippen LogP contribution in [0.25, 0.3) is 20.9 Å². The van der Waals surface area contributed by atoms with Crippen molar-refractivity contribution < 1.29 is 14.3 Å². The lowest BCUT2D eigenvalue weighted by molar-refractivity contribution is 0.0699. The molecule has 0 unspecified atom stereocenters. The summed E-state index contributed by atoms with van der Waals surface area (Å²) in [7, 11) is 0. The number of rotatable bonds is 1. The van der Waals surface area contributed by atoms with Crippen LogP contribution in [0.15, 0.2) is 35.7 Å². The summed E-state index contributed by atoms with van der Waals surface area (Å²) in [5.74, 6) is -1.27. The van der Waals surface area contributed by atoms with Crippen LogP contribution in [0.2, 0.25) is 0 Å². The van der Waals surface area contributed by atoms with Crippen molar-refractivity contribution in [3.8, 4) is 0 Å². The lowest BCUT2D eigenvalue weighted by atomic mass is 10.0. The van der Waals surface area contributed by atoms with Crippen LogP contribution in [-0.4, -0.2) is 11.1 Å². The van der Waals surface area contributed by atoms with E-state index in [0.29, 0.717) is 4.70 Å². The molecule has 0 atom stereocenters. The van der Waals surface area contributed by atoms with Crippen LogP contribution < -0.4 is 0 Å². The Morgan fingerprint density at radius 3 is 2.76 bits per heavy atom. The van der Waals surface area contributed by atoms with E-state index in [1.165, 1.54) is 23.5 Å². The highest BCUT2D eigenvalue weighted by Gasteiger charge is 2.13. The summed E-state index contributed by atoms with van der Waals surface area (Å²) in [5, 5.41) is 13.3. The third-order valence-electron chi connectivity index (χ3n) is 2.75. The standard InChI is InChI=1S/C13H7FO2S/c14-8-2-1-7-5-11(13(15)16)12-9(3-4-17-12)10(7)6-8/h1-6H,(H,15,16). The summed E-state index contributed by atoms with van der Waals surface area (Å²) < 4.78 is 13.9. The number of halogens is 1. The van der Waals surface area contributed by atoms with Gasteiger partial charge in [-0.1, -0.05) is 6.07 Å². The fraction of sp³-hybridized carbons (Fsp3) is 0. The second-order valence-corrected chi connectivity index (χ2v) is 4.67. The van der Waals surface area contributed by atoms with E-state index in [0.717, 1.165) is 16.2 Å². The van der Waals surface area contributed by atoms with E-state index in [4.69, 9.17) is 5.11 Å². The van der Waals surface area contributed by atoms with Gasteiger partial charge in [-0.05, 0) is 40.4 Å². The van der Waals surface area contributed by atoms with Crippen molar-refractivity contribution in [3.63, 3.8) is 0 Å². The van der Waals surface area contributed by atoms with Crippen molar-refractivity contribution in [2.24, 2.45) is 0 Å². The summed E-state index contributed by atoms with van der Waals surface area (Å²) in [6.07, 6.45) is 0. The minimum absolute atomic E-state index is 0.272. The topological polar surface area (TPSA) is 37.3 Å². The molecular weight excluding hydrogens is 239 g/mol. The predicted octanol–water partition coefficient (Wildman–Crippen LogP) is 3.89. The van der Waals surface area contributed by atoms with Gasteiger partial charge in [0.05, 0.1) is 5.56 Å². The summed E-state index contributed by atoms with van der Waals surface area (Å²) >= 11 is 1.36. The number of fused-ring (bicyclic) bond motifs is 3. The number of carboxylic acid groups (broad SMARTS) is 1. The molecule has 84 valence electrons. The van der Waals surface area contributed by atoms with Crippen molar-refractivity contribution in [2.45, 2.75) is 0 Å². The van der Waals surface area contributed by atoms with Crippen LogP contribution in [-0.2, 0) is 0 Å². The van der Waals surface area contributed by atoms with E-state index in [9.17, 15) is 9.18 Å². The Hall–Kier alpha value is -1.94. The largest absolute Gasteiger partial charge is 0.478 e. The molecule has 0 spiro atoms. The smallest absolute Gasteiger partial charge is 0.337 e. The van der Waals surface area contributed by atoms with Crippen LogP contribution in [0.1, 0.15) is 10.4 Å². The number of aromatic carboxylic acids is 1. The average molecular weight is 246 g/mol. The molecule has 3 rings (SSSR count). The molecule has 1 aromatic heterocycles. The molecule has 0 fully saturated rings. The molecule has 0 bridgehead atoms. The van der Waals surface area contributed by atoms with Gasteiger partial charge in [-0.25, -0.2) is 9.18 Å². The van der Waals surface area contributed by atoms with Gasteiger partial charge >= 0.3 is 5.97 Å². The van der Waals surface area contributed by atoms with Crippen LogP contribution in [0.3, 0.4) is 0 Å². The van der Waals surface area contributed by atoms with Gasteiger partial charge in [0.25, 0.3) is 0 Å². The second-order valence-electron chi connectivity index (χ2n) is 3.76. The molecule has 0 saturated heterocycles. The maximum absolute atomic E-state index is 13.2. The first-order chi connectivity index (χ1) is 8.16. The van der Waals surface area contributed by atoms with Gasteiger partial charge < -0.3 is 5.11 Å². The minimum Gasteiger partial charge on any atom is -0.478 e. The summed E-state index contributed by atoms with van der Waals surface area (Å²) in [6.45, 7) is 0. The molecule has 0 aliphatic rings. The summed E-state index contributed by atoms with van der Waals surface area (Å²) in [4.78, 5) is 11.2. The number of carboxylic acids is 1. The SMILES string of the molecule is O=C(O)c1cc2ccc(F)cc2c2ccsc12. The van der Waals surface area contributed by atoms with E-state index in [-0.39, 0.29) is 11.4 Å². The third-order valence-corrected chi connectivity index (χ3v) is 3.69. The Morgan fingerprint density at radius 2 is 2.00 bits per heavy atom. The predicted molar refractivity (Wildman–Crippen MR) is 66.2 cm³/mol. The average Bonchev–Trinajstić information content (AvgIpc) is 2.76. The van der Waals surface area contributed by atoms with Crippen LogP contribution >= 0.6 is 11.3 Å². The highest BCUT2D eigenvalue weighted by atomic mass is 32.1. The Morgan fingerprint density at radius 1 is 1.18 bits per heavy atom. The Bertz CT molecular complexity index is 746. The maximum Gasteiger partial charge on any atom is 0.337 e. The molecule has 4 heteroatoms. The molecule has 0 saturated carbocycles. The Balaban J connectivity index is 2.55. The van der Waals surface area contributed by atoms with Crippen LogP contribution in [0.4, 0.5) is 4.39 Å². The van der Waals surface area contributed by atoms with Gasteiger partial charge in [-0.2, -0.15) is 0 Å². The first-order valence-electron chi connectivity index (χ1n) is 4.99. The van der Waals surface area contributed by atoms with Crippen molar-refractivity contribution >= 4 is 38.2 Å². The lowest BCUT2D eigenvalue weighted by Crippen LogP contribution is -1.96. The van der Waals surface area contributed by atoms with Gasteiger partial charge in [0.15, 0.2) is 0 Å². The summed E-state index contributed by atoms with van der Waals surface area (Å²) in [5.41, 5.74) is 0.272. The van der Waals surface area contributed by atoms with Crippen LogP contribution in [0, 0.1) is 5.82 Å². The van der Waals surface area contributed by atoms with Crippen molar-refractivity contribution in [1.82, 2.24) is 0 Å². The van der Waals surface area contributed by atoms with E-state index < -0.39 is 5.97 Å². The van der Waals surface area contributed by atoms with Crippen molar-refractivity contribution in [2.75, 3.05) is 0 Å². The Labute approximate surface area is 99.9 Å². The second kappa shape index (κ2) is 3.53. The highest BCUT2D eigenvalue weighted by molar-refractivity contribution is 7.17. The van der Waals surface area contributed by atoms with Gasteiger partial charge in [0.1, 0.15) is 5.82 Å². The zero-order valence-corrected chi connectivity index (χ0v) is 9.42.